The van der Waals surface area contributed by atoms with E-state index in [9.17, 15) is 14.4 Å². The summed E-state index contributed by atoms with van der Waals surface area (Å²) < 4.78 is 21.4. The maximum absolute atomic E-state index is 11.7. The van der Waals surface area contributed by atoms with Crippen LogP contribution in [-0.2, 0) is 23.7 Å². The first-order valence-corrected chi connectivity index (χ1v) is 11.4. The van der Waals surface area contributed by atoms with E-state index >= 15 is 0 Å². The van der Waals surface area contributed by atoms with Crippen molar-refractivity contribution in [2.24, 2.45) is 5.92 Å². The SMILES string of the molecule is CC(C)C(=O)CCCNc1c(NCCOCCOCCOCCOCCS)c(=O)c1=O. The summed E-state index contributed by atoms with van der Waals surface area (Å²) in [7, 11) is 0. The van der Waals surface area contributed by atoms with Crippen LogP contribution in [0.15, 0.2) is 9.59 Å². The van der Waals surface area contributed by atoms with Gasteiger partial charge in [0.1, 0.15) is 17.2 Å². The van der Waals surface area contributed by atoms with Crippen molar-refractivity contribution >= 4 is 29.8 Å². The zero-order valence-corrected chi connectivity index (χ0v) is 19.5. The summed E-state index contributed by atoms with van der Waals surface area (Å²) in [5, 5.41) is 5.89. The number of rotatable bonds is 21. The van der Waals surface area contributed by atoms with Crippen LogP contribution in [0.4, 0.5) is 11.4 Å². The summed E-state index contributed by atoms with van der Waals surface area (Å²) in [6.45, 7) is 8.53. The molecule has 10 heteroatoms. The third kappa shape index (κ3) is 11.6. The van der Waals surface area contributed by atoms with Gasteiger partial charge in [-0.3, -0.25) is 14.4 Å². The molecule has 31 heavy (non-hydrogen) atoms. The Balaban J connectivity index is 2.03. The van der Waals surface area contributed by atoms with Gasteiger partial charge >= 0.3 is 0 Å². The Hall–Kier alpha value is -1.46. The molecule has 0 aromatic heterocycles. The third-order valence-corrected chi connectivity index (χ3v) is 4.54. The Morgan fingerprint density at radius 1 is 0.774 bits per heavy atom. The van der Waals surface area contributed by atoms with Crippen LogP contribution in [0.1, 0.15) is 26.7 Å². The molecule has 0 atom stereocenters. The van der Waals surface area contributed by atoms with Gasteiger partial charge in [-0.05, 0) is 6.42 Å². The predicted molar refractivity (Wildman–Crippen MR) is 125 cm³/mol. The molecule has 1 aromatic carbocycles. The van der Waals surface area contributed by atoms with E-state index in [2.05, 4.69) is 23.3 Å². The van der Waals surface area contributed by atoms with Crippen LogP contribution in [0.5, 0.6) is 0 Å². The molecule has 0 spiro atoms. The summed E-state index contributed by atoms with van der Waals surface area (Å²) >= 11 is 4.04. The van der Waals surface area contributed by atoms with Gasteiger partial charge in [0, 0.05) is 31.2 Å². The molecule has 9 nitrogen and oxygen atoms in total. The molecule has 0 heterocycles. The molecule has 0 aliphatic heterocycles. The van der Waals surface area contributed by atoms with E-state index in [1.807, 2.05) is 13.8 Å². The number of nitrogens with one attached hydrogen (secondary N) is 2. The normalized spacial score (nSPS) is 11.4. The van der Waals surface area contributed by atoms with E-state index in [0.717, 1.165) is 0 Å². The smallest absolute Gasteiger partial charge is 0.253 e. The minimum absolute atomic E-state index is 0.00946. The molecule has 0 saturated heterocycles. The molecule has 0 aliphatic rings. The lowest BCUT2D eigenvalue weighted by molar-refractivity contribution is -0.121. The standard InChI is InChI=1S/C21H36N2O7S/c1-16(2)17(24)4-3-5-22-18-19(21(26)20(18)25)23-6-7-27-8-9-28-10-11-29-12-13-30-14-15-31/h16,22-23,31H,3-15H2,1-2H3. The second-order valence-electron chi connectivity index (χ2n) is 7.16. The quantitative estimate of drug-likeness (QED) is 0.141. The summed E-state index contributed by atoms with van der Waals surface area (Å²) in [4.78, 5) is 35.0. The molecule has 0 unspecified atom stereocenters. The van der Waals surface area contributed by atoms with Gasteiger partial charge in [-0.1, -0.05) is 13.8 Å². The van der Waals surface area contributed by atoms with Crippen LogP contribution in [-0.4, -0.2) is 77.5 Å². The topological polar surface area (TPSA) is 112 Å². The predicted octanol–water partition coefficient (Wildman–Crippen LogP) is 1.11. The summed E-state index contributed by atoms with van der Waals surface area (Å²) in [6, 6.07) is 0. The minimum Gasteiger partial charge on any atom is -0.380 e. The Labute approximate surface area is 189 Å². The molecule has 0 bridgehead atoms. The van der Waals surface area contributed by atoms with Crippen LogP contribution in [0, 0.1) is 5.92 Å². The van der Waals surface area contributed by atoms with Gasteiger partial charge in [-0.2, -0.15) is 12.6 Å². The Bertz CT molecular complexity index is 690. The lowest BCUT2D eigenvalue weighted by Gasteiger charge is -2.15. The molecule has 1 rings (SSSR count). The molecule has 0 amide bonds. The highest BCUT2D eigenvalue weighted by molar-refractivity contribution is 7.80. The first-order valence-electron chi connectivity index (χ1n) is 10.7. The van der Waals surface area contributed by atoms with Crippen LogP contribution >= 0.6 is 12.6 Å². The van der Waals surface area contributed by atoms with Crippen molar-refractivity contribution in [3.8, 4) is 0 Å². The van der Waals surface area contributed by atoms with Crippen molar-refractivity contribution in [1.82, 2.24) is 0 Å². The number of carbonyl (C=O) groups excluding carboxylic acids is 1. The number of ketones is 1. The molecule has 1 aromatic rings. The molecule has 0 saturated carbocycles. The highest BCUT2D eigenvalue weighted by atomic mass is 32.1. The maximum Gasteiger partial charge on any atom is 0.253 e. The monoisotopic (exact) mass is 460 g/mol. The average Bonchev–Trinajstić information content (AvgIpc) is 2.76. The molecular weight excluding hydrogens is 424 g/mol. The van der Waals surface area contributed by atoms with Gasteiger partial charge in [0.15, 0.2) is 0 Å². The number of hydrogen-bond donors (Lipinski definition) is 3. The molecule has 0 fully saturated rings. The van der Waals surface area contributed by atoms with E-state index < -0.39 is 10.9 Å². The second-order valence-corrected chi connectivity index (χ2v) is 7.61. The maximum atomic E-state index is 11.7. The van der Waals surface area contributed by atoms with Crippen molar-refractivity contribution < 1.29 is 23.7 Å². The van der Waals surface area contributed by atoms with Crippen molar-refractivity contribution in [3.05, 3.63) is 20.4 Å². The fourth-order valence-electron chi connectivity index (χ4n) is 2.57. The molecule has 0 radical (unpaired) electrons. The molecular formula is C21H36N2O7S. The lowest BCUT2D eigenvalue weighted by atomic mass is 10.0. The van der Waals surface area contributed by atoms with Gasteiger partial charge in [0.05, 0.1) is 52.9 Å². The van der Waals surface area contributed by atoms with E-state index in [0.29, 0.717) is 90.2 Å². The van der Waals surface area contributed by atoms with E-state index in [1.165, 1.54) is 0 Å². The Kier molecular flexibility index (Phi) is 15.2. The minimum atomic E-state index is -0.528. The molecule has 0 aliphatic carbocycles. The summed E-state index contributed by atoms with van der Waals surface area (Å²) in [5.41, 5.74) is -0.473. The van der Waals surface area contributed by atoms with Gasteiger partial charge in [-0.15, -0.1) is 0 Å². The van der Waals surface area contributed by atoms with Crippen LogP contribution in [0.25, 0.3) is 0 Å². The van der Waals surface area contributed by atoms with Gasteiger partial charge in [-0.25, -0.2) is 0 Å². The average molecular weight is 461 g/mol. The zero-order valence-electron chi connectivity index (χ0n) is 18.6. The number of anilines is 2. The van der Waals surface area contributed by atoms with Crippen LogP contribution in [0.3, 0.4) is 0 Å². The van der Waals surface area contributed by atoms with Crippen molar-refractivity contribution in [2.45, 2.75) is 26.7 Å². The largest absolute Gasteiger partial charge is 0.380 e. The number of thiol groups is 1. The van der Waals surface area contributed by atoms with E-state index in [1.54, 1.807) is 0 Å². The van der Waals surface area contributed by atoms with Gasteiger partial charge in [0.25, 0.3) is 10.9 Å². The van der Waals surface area contributed by atoms with Gasteiger partial charge in [0.2, 0.25) is 0 Å². The fraction of sp³-hybridized carbons (Fsp3) is 0.762. The number of hydrogen-bond acceptors (Lipinski definition) is 10. The summed E-state index contributed by atoms with van der Waals surface area (Å²) in [5.74, 6) is 0.897. The van der Waals surface area contributed by atoms with Crippen molar-refractivity contribution in [2.75, 3.05) is 82.3 Å². The highest BCUT2D eigenvalue weighted by Gasteiger charge is 2.20. The Morgan fingerprint density at radius 3 is 1.71 bits per heavy atom. The van der Waals surface area contributed by atoms with Crippen molar-refractivity contribution in [1.29, 1.82) is 0 Å². The number of Topliss-reactive ketones (excluding diaryl/α,β-unsaturated/α-hetero) is 1. The van der Waals surface area contributed by atoms with Crippen LogP contribution < -0.4 is 21.5 Å². The summed E-state index contributed by atoms with van der Waals surface area (Å²) in [6.07, 6.45) is 1.07. The first kappa shape index (κ1) is 27.6. The van der Waals surface area contributed by atoms with E-state index in [4.69, 9.17) is 18.9 Å². The van der Waals surface area contributed by atoms with E-state index in [-0.39, 0.29) is 17.4 Å². The van der Waals surface area contributed by atoms with Gasteiger partial charge < -0.3 is 29.6 Å². The molecule has 2 N–H and O–H groups in total. The first-order chi connectivity index (χ1) is 15.0. The zero-order chi connectivity index (χ0) is 22.9. The molecule has 178 valence electrons. The number of carbonyl (C=O) groups is 1. The van der Waals surface area contributed by atoms with Crippen LogP contribution in [0.2, 0.25) is 0 Å². The lowest BCUT2D eigenvalue weighted by Crippen LogP contribution is -2.38. The number of ether oxygens (including phenoxy) is 4. The third-order valence-electron chi connectivity index (χ3n) is 4.36. The van der Waals surface area contributed by atoms with Crippen molar-refractivity contribution in [3.63, 3.8) is 0 Å². The highest BCUT2D eigenvalue weighted by Crippen LogP contribution is 2.14. The second kappa shape index (κ2) is 17.1. The fourth-order valence-corrected chi connectivity index (χ4v) is 2.70. The Morgan fingerprint density at radius 2 is 1.23 bits per heavy atom.